The first-order chi connectivity index (χ1) is 10.1. The van der Waals surface area contributed by atoms with Gasteiger partial charge in [0.15, 0.2) is 0 Å². The molecule has 1 aromatic rings. The molecule has 0 saturated heterocycles. The maximum Gasteiger partial charge on any atom is 0.315 e. The molecule has 0 aliphatic rings. The van der Waals surface area contributed by atoms with E-state index < -0.39 is 5.97 Å². The smallest absolute Gasteiger partial charge is 0.315 e. The summed E-state index contributed by atoms with van der Waals surface area (Å²) in [6, 6.07) is 7.02. The summed E-state index contributed by atoms with van der Waals surface area (Å²) in [6.07, 6.45) is 4.08. The average Bonchev–Trinajstić information content (AvgIpc) is 2.45. The molecule has 5 nitrogen and oxygen atoms in total. The van der Waals surface area contributed by atoms with Gasteiger partial charge in [-0.15, -0.1) is 0 Å². The molecule has 0 aliphatic heterocycles. The number of rotatable bonds is 9. The van der Waals surface area contributed by atoms with Crippen LogP contribution in [0.15, 0.2) is 24.3 Å². The van der Waals surface area contributed by atoms with Gasteiger partial charge in [0.05, 0.1) is 6.42 Å². The SMILES string of the molecule is CSCCCCNC(=O)NCc1ccccc1CC(=O)O. The zero-order valence-corrected chi connectivity index (χ0v) is 13.0. The van der Waals surface area contributed by atoms with Gasteiger partial charge in [0, 0.05) is 13.1 Å². The molecule has 1 aromatic carbocycles. The predicted molar refractivity (Wildman–Crippen MR) is 85.6 cm³/mol. The minimum absolute atomic E-state index is 0.0336. The Kier molecular flexibility index (Phi) is 8.35. The number of benzene rings is 1. The van der Waals surface area contributed by atoms with Crippen molar-refractivity contribution in [3.8, 4) is 0 Å². The highest BCUT2D eigenvalue weighted by molar-refractivity contribution is 7.98. The highest BCUT2D eigenvalue weighted by atomic mass is 32.2. The van der Waals surface area contributed by atoms with Crippen LogP contribution in [0.4, 0.5) is 4.79 Å². The zero-order valence-electron chi connectivity index (χ0n) is 12.2. The molecule has 3 N–H and O–H groups in total. The Labute approximate surface area is 129 Å². The van der Waals surface area contributed by atoms with Crippen LogP contribution in [0.25, 0.3) is 0 Å². The molecule has 0 unspecified atom stereocenters. The maximum absolute atomic E-state index is 11.6. The summed E-state index contributed by atoms with van der Waals surface area (Å²) in [5.41, 5.74) is 1.56. The van der Waals surface area contributed by atoms with Crippen LogP contribution in [0.1, 0.15) is 24.0 Å². The fourth-order valence-corrected chi connectivity index (χ4v) is 2.37. The van der Waals surface area contributed by atoms with Crippen molar-refractivity contribution in [2.75, 3.05) is 18.6 Å². The van der Waals surface area contributed by atoms with Crippen molar-refractivity contribution < 1.29 is 14.7 Å². The number of hydrogen-bond donors (Lipinski definition) is 3. The van der Waals surface area contributed by atoms with Crippen molar-refractivity contribution in [3.05, 3.63) is 35.4 Å². The van der Waals surface area contributed by atoms with Gasteiger partial charge in [-0.2, -0.15) is 11.8 Å². The molecule has 0 saturated carbocycles. The fourth-order valence-electron chi connectivity index (χ4n) is 1.88. The van der Waals surface area contributed by atoms with Gasteiger partial charge in [-0.25, -0.2) is 4.79 Å². The summed E-state index contributed by atoms with van der Waals surface area (Å²) in [7, 11) is 0. The van der Waals surface area contributed by atoms with E-state index in [9.17, 15) is 9.59 Å². The molecular weight excluding hydrogens is 288 g/mol. The third-order valence-electron chi connectivity index (χ3n) is 2.96. The number of hydrogen-bond acceptors (Lipinski definition) is 3. The van der Waals surface area contributed by atoms with Gasteiger partial charge >= 0.3 is 12.0 Å². The van der Waals surface area contributed by atoms with Crippen LogP contribution in [-0.4, -0.2) is 35.7 Å². The van der Waals surface area contributed by atoms with Gasteiger partial charge in [-0.3, -0.25) is 4.79 Å². The second kappa shape index (κ2) is 10.1. The Bertz CT molecular complexity index is 466. The topological polar surface area (TPSA) is 78.4 Å². The molecule has 0 aliphatic carbocycles. The summed E-state index contributed by atoms with van der Waals surface area (Å²) in [4.78, 5) is 22.4. The van der Waals surface area contributed by atoms with Crippen molar-refractivity contribution in [1.29, 1.82) is 0 Å². The van der Waals surface area contributed by atoms with E-state index in [1.54, 1.807) is 23.9 Å². The largest absolute Gasteiger partial charge is 0.481 e. The summed E-state index contributed by atoms with van der Waals surface area (Å²) in [5.74, 6) is 0.229. The number of urea groups is 1. The van der Waals surface area contributed by atoms with Crippen LogP contribution in [0.5, 0.6) is 0 Å². The minimum atomic E-state index is -0.874. The van der Waals surface area contributed by atoms with Crippen LogP contribution in [0.2, 0.25) is 0 Å². The summed E-state index contributed by atoms with van der Waals surface area (Å²) in [5, 5.41) is 14.4. The van der Waals surface area contributed by atoms with Gasteiger partial charge < -0.3 is 15.7 Å². The molecule has 6 heteroatoms. The Morgan fingerprint density at radius 3 is 2.52 bits per heavy atom. The number of amides is 2. The molecule has 2 amide bonds. The maximum atomic E-state index is 11.6. The molecule has 0 heterocycles. The molecule has 0 aromatic heterocycles. The van der Waals surface area contributed by atoms with Gasteiger partial charge in [-0.1, -0.05) is 24.3 Å². The lowest BCUT2D eigenvalue weighted by molar-refractivity contribution is -0.136. The number of carbonyl (C=O) groups is 2. The molecule has 0 spiro atoms. The first-order valence-corrected chi connectivity index (χ1v) is 8.32. The van der Waals surface area contributed by atoms with Crippen LogP contribution in [0.3, 0.4) is 0 Å². The van der Waals surface area contributed by atoms with E-state index in [2.05, 4.69) is 16.9 Å². The predicted octanol–water partition coefficient (Wildman–Crippen LogP) is 2.26. The van der Waals surface area contributed by atoms with Crippen molar-refractivity contribution in [2.45, 2.75) is 25.8 Å². The highest BCUT2D eigenvalue weighted by Crippen LogP contribution is 2.09. The lowest BCUT2D eigenvalue weighted by Crippen LogP contribution is -2.35. The van der Waals surface area contributed by atoms with E-state index >= 15 is 0 Å². The Morgan fingerprint density at radius 1 is 1.14 bits per heavy atom. The monoisotopic (exact) mass is 310 g/mol. The highest BCUT2D eigenvalue weighted by Gasteiger charge is 2.07. The lowest BCUT2D eigenvalue weighted by atomic mass is 10.0. The van der Waals surface area contributed by atoms with Crippen molar-refractivity contribution in [3.63, 3.8) is 0 Å². The molecule has 0 fully saturated rings. The third-order valence-corrected chi connectivity index (χ3v) is 3.66. The Hall–Kier alpha value is -1.69. The lowest BCUT2D eigenvalue weighted by Gasteiger charge is -2.10. The first kappa shape index (κ1) is 17.4. The van der Waals surface area contributed by atoms with Crippen molar-refractivity contribution >= 4 is 23.8 Å². The second-order valence-electron chi connectivity index (χ2n) is 4.65. The number of carboxylic acid groups (broad SMARTS) is 1. The standard InChI is InChI=1S/C15H22N2O3S/c1-21-9-5-4-8-16-15(20)17-11-13-7-3-2-6-12(13)10-14(18)19/h2-3,6-7H,4-5,8-11H2,1H3,(H,18,19)(H2,16,17,20). The first-order valence-electron chi connectivity index (χ1n) is 6.92. The van der Waals surface area contributed by atoms with E-state index in [-0.39, 0.29) is 12.5 Å². The third kappa shape index (κ3) is 7.60. The fraction of sp³-hybridized carbons (Fsp3) is 0.467. The number of carboxylic acids is 1. The number of nitrogens with one attached hydrogen (secondary N) is 2. The van der Waals surface area contributed by atoms with Crippen molar-refractivity contribution in [1.82, 2.24) is 10.6 Å². The van der Waals surface area contributed by atoms with E-state index in [0.29, 0.717) is 13.1 Å². The molecule has 116 valence electrons. The van der Waals surface area contributed by atoms with Gasteiger partial charge in [0.25, 0.3) is 0 Å². The zero-order chi connectivity index (χ0) is 15.5. The normalized spacial score (nSPS) is 10.1. The number of carbonyl (C=O) groups excluding carboxylic acids is 1. The molecule has 0 radical (unpaired) electrons. The van der Waals surface area contributed by atoms with Gasteiger partial charge in [0.1, 0.15) is 0 Å². The minimum Gasteiger partial charge on any atom is -0.481 e. The van der Waals surface area contributed by atoms with Crippen LogP contribution in [0, 0.1) is 0 Å². The van der Waals surface area contributed by atoms with E-state index in [1.165, 1.54) is 0 Å². The van der Waals surface area contributed by atoms with E-state index in [1.807, 2.05) is 12.1 Å². The average molecular weight is 310 g/mol. The van der Waals surface area contributed by atoms with Gasteiger partial charge in [-0.05, 0) is 36.0 Å². The van der Waals surface area contributed by atoms with E-state index in [0.717, 1.165) is 29.7 Å². The Morgan fingerprint density at radius 2 is 1.86 bits per heavy atom. The van der Waals surface area contributed by atoms with Crippen LogP contribution < -0.4 is 10.6 Å². The van der Waals surface area contributed by atoms with E-state index in [4.69, 9.17) is 5.11 Å². The molecule has 0 atom stereocenters. The molecular formula is C15H22N2O3S. The van der Waals surface area contributed by atoms with Crippen LogP contribution >= 0.6 is 11.8 Å². The van der Waals surface area contributed by atoms with Crippen molar-refractivity contribution in [2.24, 2.45) is 0 Å². The quantitative estimate of drug-likeness (QED) is 0.611. The number of aliphatic carboxylic acids is 1. The van der Waals surface area contributed by atoms with Gasteiger partial charge in [0.2, 0.25) is 0 Å². The summed E-state index contributed by atoms with van der Waals surface area (Å²) >= 11 is 1.80. The summed E-state index contributed by atoms with van der Waals surface area (Å²) in [6.45, 7) is 0.989. The molecule has 1 rings (SSSR count). The Balaban J connectivity index is 2.34. The molecule has 21 heavy (non-hydrogen) atoms. The number of unbranched alkanes of at least 4 members (excludes halogenated alkanes) is 1. The number of thioether (sulfide) groups is 1. The second-order valence-corrected chi connectivity index (χ2v) is 5.63. The molecule has 0 bridgehead atoms. The summed E-state index contributed by atoms with van der Waals surface area (Å²) < 4.78 is 0. The van der Waals surface area contributed by atoms with Crippen LogP contribution in [-0.2, 0) is 17.8 Å².